The number of hydrogen-bond donors (Lipinski definition) is 1. The molecule has 4 rings (SSSR count). The fourth-order valence-corrected chi connectivity index (χ4v) is 4.85. The van der Waals surface area contributed by atoms with Gasteiger partial charge in [0.1, 0.15) is 5.60 Å². The van der Waals surface area contributed by atoms with Gasteiger partial charge in [0.05, 0.1) is 40.0 Å². The number of halogens is 1. The van der Waals surface area contributed by atoms with Crippen molar-refractivity contribution in [1.29, 1.82) is 0 Å². The SMILES string of the molecule is CCn1ncc(CN(C)C(=O)c2cc(-c3ccc(NCCN(C)C(=O)OC(C)(C)C)c(C)n3)nc3ccc(Cl)cc23)c1C. The van der Waals surface area contributed by atoms with Crippen LogP contribution in [0.3, 0.4) is 0 Å². The molecule has 0 atom stereocenters. The van der Waals surface area contributed by atoms with Crippen LogP contribution < -0.4 is 5.32 Å². The Morgan fingerprint density at radius 2 is 1.77 bits per heavy atom. The van der Waals surface area contributed by atoms with E-state index in [4.69, 9.17) is 26.3 Å². The number of aromatic nitrogens is 4. The minimum absolute atomic E-state index is 0.149. The number of nitrogens with one attached hydrogen (secondary N) is 1. The van der Waals surface area contributed by atoms with Crippen molar-refractivity contribution < 1.29 is 14.3 Å². The molecule has 0 saturated carbocycles. The highest BCUT2D eigenvalue weighted by molar-refractivity contribution is 6.31. The lowest BCUT2D eigenvalue weighted by Gasteiger charge is -2.24. The van der Waals surface area contributed by atoms with Crippen LogP contribution in [0.5, 0.6) is 0 Å². The number of nitrogens with zero attached hydrogens (tertiary/aromatic N) is 6. The Labute approximate surface area is 258 Å². The van der Waals surface area contributed by atoms with Crippen molar-refractivity contribution in [2.75, 3.05) is 32.5 Å². The fourth-order valence-electron chi connectivity index (χ4n) is 4.68. The maximum Gasteiger partial charge on any atom is 0.410 e. The Morgan fingerprint density at radius 1 is 1.02 bits per heavy atom. The van der Waals surface area contributed by atoms with Gasteiger partial charge < -0.3 is 19.9 Å². The van der Waals surface area contributed by atoms with Gasteiger partial charge in [0.2, 0.25) is 0 Å². The molecule has 11 heteroatoms. The number of pyridine rings is 2. The zero-order chi connectivity index (χ0) is 31.5. The number of carbonyl (C=O) groups is 2. The van der Waals surface area contributed by atoms with E-state index in [2.05, 4.69) is 10.4 Å². The van der Waals surface area contributed by atoms with Gasteiger partial charge in [-0.3, -0.25) is 9.48 Å². The third kappa shape index (κ3) is 7.62. The van der Waals surface area contributed by atoms with Gasteiger partial charge in [0.15, 0.2) is 0 Å². The smallest absolute Gasteiger partial charge is 0.410 e. The molecule has 0 saturated heterocycles. The number of fused-ring (bicyclic) bond motifs is 1. The van der Waals surface area contributed by atoms with Crippen molar-refractivity contribution in [3.8, 4) is 11.4 Å². The molecule has 4 aromatic rings. The largest absolute Gasteiger partial charge is 0.444 e. The van der Waals surface area contributed by atoms with Crippen molar-refractivity contribution >= 4 is 40.2 Å². The Morgan fingerprint density at radius 3 is 2.42 bits per heavy atom. The molecule has 0 radical (unpaired) electrons. The number of ether oxygens (including phenoxy) is 1. The maximum atomic E-state index is 13.8. The van der Waals surface area contributed by atoms with E-state index in [1.165, 1.54) is 4.90 Å². The predicted octanol–water partition coefficient (Wildman–Crippen LogP) is 6.33. The number of amides is 2. The van der Waals surface area contributed by atoms with E-state index in [0.29, 0.717) is 52.5 Å². The number of carbonyl (C=O) groups excluding carboxylic acids is 2. The van der Waals surface area contributed by atoms with Crippen LogP contribution in [-0.4, -0.2) is 74.3 Å². The minimum Gasteiger partial charge on any atom is -0.444 e. The summed E-state index contributed by atoms with van der Waals surface area (Å²) in [5.74, 6) is -0.149. The topological polar surface area (TPSA) is 105 Å². The van der Waals surface area contributed by atoms with Crippen LogP contribution in [0.2, 0.25) is 5.02 Å². The van der Waals surface area contributed by atoms with E-state index in [0.717, 1.165) is 29.2 Å². The average Bonchev–Trinajstić information content (AvgIpc) is 3.30. The van der Waals surface area contributed by atoms with Crippen molar-refractivity contribution in [3.63, 3.8) is 0 Å². The van der Waals surface area contributed by atoms with Gasteiger partial charge in [-0.2, -0.15) is 5.10 Å². The lowest BCUT2D eigenvalue weighted by molar-refractivity contribution is 0.0305. The first kappa shape index (κ1) is 31.7. The third-order valence-corrected chi connectivity index (χ3v) is 7.31. The van der Waals surface area contributed by atoms with Gasteiger partial charge in [-0.15, -0.1) is 0 Å². The molecule has 0 aliphatic rings. The first-order valence-corrected chi connectivity index (χ1v) is 14.7. The Kier molecular flexibility index (Phi) is 9.59. The van der Waals surface area contributed by atoms with E-state index in [-0.39, 0.29) is 12.0 Å². The summed E-state index contributed by atoms with van der Waals surface area (Å²) in [5, 5.41) is 8.96. The van der Waals surface area contributed by atoms with Gasteiger partial charge >= 0.3 is 6.09 Å². The number of anilines is 1. The molecule has 2 amide bonds. The quantitative estimate of drug-likeness (QED) is 0.237. The maximum absolute atomic E-state index is 13.8. The Bertz CT molecular complexity index is 1640. The molecule has 0 spiro atoms. The second-order valence-corrected chi connectivity index (χ2v) is 12.0. The molecule has 10 nitrogen and oxygen atoms in total. The predicted molar refractivity (Wildman–Crippen MR) is 171 cm³/mol. The highest BCUT2D eigenvalue weighted by Gasteiger charge is 2.21. The average molecular weight is 606 g/mol. The first-order valence-electron chi connectivity index (χ1n) is 14.3. The van der Waals surface area contributed by atoms with Crippen molar-refractivity contribution in [2.24, 2.45) is 0 Å². The lowest BCUT2D eigenvalue weighted by Crippen LogP contribution is -2.36. The highest BCUT2D eigenvalue weighted by Crippen LogP contribution is 2.29. The van der Waals surface area contributed by atoms with Crippen LogP contribution in [0, 0.1) is 13.8 Å². The zero-order valence-electron chi connectivity index (χ0n) is 26.2. The summed E-state index contributed by atoms with van der Waals surface area (Å²) < 4.78 is 7.33. The number of hydrogen-bond acceptors (Lipinski definition) is 7. The van der Waals surface area contributed by atoms with Gasteiger partial charge in [0, 0.05) is 61.9 Å². The summed E-state index contributed by atoms with van der Waals surface area (Å²) in [6, 6.07) is 10.9. The molecule has 1 aromatic carbocycles. The molecule has 228 valence electrons. The van der Waals surface area contributed by atoms with Crippen molar-refractivity contribution in [3.05, 3.63) is 70.1 Å². The number of rotatable bonds is 9. The van der Waals surface area contributed by atoms with E-state index in [1.807, 2.05) is 70.6 Å². The molecule has 3 aromatic heterocycles. The first-order chi connectivity index (χ1) is 20.3. The van der Waals surface area contributed by atoms with Gasteiger partial charge in [-0.05, 0) is 77.9 Å². The summed E-state index contributed by atoms with van der Waals surface area (Å²) in [6.45, 7) is 13.7. The summed E-state index contributed by atoms with van der Waals surface area (Å²) in [7, 11) is 3.49. The summed E-state index contributed by atoms with van der Waals surface area (Å²) in [4.78, 5) is 38.9. The van der Waals surface area contributed by atoms with Gasteiger partial charge in [0.25, 0.3) is 5.91 Å². The van der Waals surface area contributed by atoms with Crippen molar-refractivity contribution in [1.82, 2.24) is 29.5 Å². The Balaban J connectivity index is 1.56. The van der Waals surface area contributed by atoms with E-state index in [1.54, 1.807) is 37.2 Å². The molecular formula is C32H40ClN7O3. The second-order valence-electron chi connectivity index (χ2n) is 11.6. The molecular weight excluding hydrogens is 566 g/mol. The molecule has 0 unspecified atom stereocenters. The van der Waals surface area contributed by atoms with Crippen LogP contribution >= 0.6 is 11.6 Å². The van der Waals surface area contributed by atoms with Crippen LogP contribution in [0.15, 0.2) is 42.6 Å². The molecule has 43 heavy (non-hydrogen) atoms. The van der Waals surface area contributed by atoms with Crippen LogP contribution in [0.1, 0.15) is 55.0 Å². The molecule has 0 aliphatic carbocycles. The van der Waals surface area contributed by atoms with Crippen LogP contribution in [0.4, 0.5) is 10.5 Å². The third-order valence-electron chi connectivity index (χ3n) is 7.08. The molecule has 1 N–H and O–H groups in total. The zero-order valence-corrected chi connectivity index (χ0v) is 26.9. The summed E-state index contributed by atoms with van der Waals surface area (Å²) >= 11 is 6.33. The fraction of sp³-hybridized carbons (Fsp3) is 0.406. The van der Waals surface area contributed by atoms with E-state index in [9.17, 15) is 9.59 Å². The molecule has 0 aliphatic heterocycles. The molecule has 0 bridgehead atoms. The van der Waals surface area contributed by atoms with Crippen molar-refractivity contribution in [2.45, 2.75) is 60.2 Å². The second kappa shape index (κ2) is 13.0. The van der Waals surface area contributed by atoms with E-state index < -0.39 is 5.60 Å². The monoisotopic (exact) mass is 605 g/mol. The highest BCUT2D eigenvalue weighted by atomic mass is 35.5. The number of likely N-dealkylation sites (N-methyl/N-ethyl adjacent to an activating group) is 1. The number of aryl methyl sites for hydroxylation is 2. The van der Waals surface area contributed by atoms with Crippen LogP contribution in [-0.2, 0) is 17.8 Å². The van der Waals surface area contributed by atoms with E-state index >= 15 is 0 Å². The standard InChI is InChI=1S/C32H40ClN7O3/c1-9-40-21(3)22(18-35-40)19-39(8)30(41)25-17-29(37-27-11-10-23(33)16-24(25)27)28-13-12-26(20(2)36-28)34-14-15-38(7)31(42)43-32(4,5)6/h10-13,16-18,34H,9,14-15,19H2,1-8H3. The Hall–Kier alpha value is -4.18. The minimum atomic E-state index is -0.546. The number of benzene rings is 1. The lowest BCUT2D eigenvalue weighted by atomic mass is 10.0. The molecule has 0 fully saturated rings. The molecule has 3 heterocycles. The summed E-state index contributed by atoms with van der Waals surface area (Å²) in [5.41, 5.74) is 5.47. The van der Waals surface area contributed by atoms with Crippen LogP contribution in [0.25, 0.3) is 22.3 Å². The normalized spacial score (nSPS) is 11.5. The van der Waals surface area contributed by atoms with Gasteiger partial charge in [-0.1, -0.05) is 11.6 Å². The van der Waals surface area contributed by atoms with Gasteiger partial charge in [-0.25, -0.2) is 14.8 Å². The summed E-state index contributed by atoms with van der Waals surface area (Å²) in [6.07, 6.45) is 1.44.